The van der Waals surface area contributed by atoms with E-state index in [2.05, 4.69) is 22.2 Å². The van der Waals surface area contributed by atoms with Crippen molar-refractivity contribution in [2.45, 2.75) is 23.9 Å². The standard InChI is InChI=1S/C15H17N5OS/c1-11(22-15-16-8-13(10-21)19(15)2)14-9-20(18-17-14)12-6-4-3-5-7-12/h3-9,11,21H,10H2,1-2H3. The molecule has 114 valence electrons. The molecule has 0 aliphatic heterocycles. The van der Waals surface area contributed by atoms with Gasteiger partial charge in [0.1, 0.15) is 0 Å². The molecule has 0 aliphatic carbocycles. The van der Waals surface area contributed by atoms with Crippen LogP contribution in [-0.4, -0.2) is 29.7 Å². The van der Waals surface area contributed by atoms with Crippen LogP contribution in [-0.2, 0) is 13.7 Å². The normalized spacial score (nSPS) is 12.5. The molecule has 0 bridgehead atoms. The number of aromatic nitrogens is 5. The number of nitrogens with zero attached hydrogens (tertiary/aromatic N) is 5. The molecule has 3 rings (SSSR count). The zero-order valence-electron chi connectivity index (χ0n) is 12.4. The second-order valence-corrected chi connectivity index (χ2v) is 6.24. The molecule has 2 aromatic heterocycles. The lowest BCUT2D eigenvalue weighted by atomic mass is 10.3. The largest absolute Gasteiger partial charge is 0.390 e. The number of aliphatic hydroxyl groups excluding tert-OH is 1. The molecule has 0 amide bonds. The van der Waals surface area contributed by atoms with Gasteiger partial charge in [0.05, 0.1) is 41.3 Å². The lowest BCUT2D eigenvalue weighted by Gasteiger charge is -2.08. The quantitative estimate of drug-likeness (QED) is 0.732. The fourth-order valence-electron chi connectivity index (χ4n) is 2.07. The van der Waals surface area contributed by atoms with E-state index in [0.29, 0.717) is 0 Å². The van der Waals surface area contributed by atoms with Crippen molar-refractivity contribution in [3.05, 3.63) is 54.1 Å². The summed E-state index contributed by atoms with van der Waals surface area (Å²) >= 11 is 1.59. The third-order valence-electron chi connectivity index (χ3n) is 3.43. The van der Waals surface area contributed by atoms with Gasteiger partial charge in [-0.05, 0) is 19.1 Å². The number of para-hydroxylation sites is 1. The second kappa shape index (κ2) is 6.33. The molecule has 0 saturated heterocycles. The summed E-state index contributed by atoms with van der Waals surface area (Å²) in [6.07, 6.45) is 3.62. The Morgan fingerprint density at radius 3 is 2.73 bits per heavy atom. The van der Waals surface area contributed by atoms with E-state index in [1.165, 1.54) is 0 Å². The van der Waals surface area contributed by atoms with Crippen LogP contribution in [0.5, 0.6) is 0 Å². The molecule has 0 aliphatic rings. The van der Waals surface area contributed by atoms with Crippen molar-refractivity contribution in [3.8, 4) is 5.69 Å². The highest BCUT2D eigenvalue weighted by atomic mass is 32.2. The Kier molecular flexibility index (Phi) is 4.26. The second-order valence-electron chi connectivity index (χ2n) is 4.93. The molecule has 1 atom stereocenters. The Bertz CT molecular complexity index is 752. The number of thioether (sulfide) groups is 1. The number of benzene rings is 1. The summed E-state index contributed by atoms with van der Waals surface area (Å²) < 4.78 is 3.66. The zero-order chi connectivity index (χ0) is 15.5. The first-order valence-corrected chi connectivity index (χ1v) is 7.82. The third-order valence-corrected chi connectivity index (χ3v) is 4.62. The summed E-state index contributed by atoms with van der Waals surface area (Å²) in [5, 5.41) is 18.6. The molecule has 3 aromatic rings. The zero-order valence-corrected chi connectivity index (χ0v) is 13.2. The highest BCUT2D eigenvalue weighted by Gasteiger charge is 2.16. The minimum atomic E-state index is -0.0113. The molecule has 0 fully saturated rings. The van der Waals surface area contributed by atoms with Crippen LogP contribution >= 0.6 is 11.8 Å². The van der Waals surface area contributed by atoms with E-state index >= 15 is 0 Å². The fourth-order valence-corrected chi connectivity index (χ4v) is 3.00. The topological polar surface area (TPSA) is 68.8 Å². The highest BCUT2D eigenvalue weighted by Crippen LogP contribution is 2.33. The van der Waals surface area contributed by atoms with Gasteiger partial charge >= 0.3 is 0 Å². The van der Waals surface area contributed by atoms with E-state index in [1.807, 2.05) is 48.1 Å². The van der Waals surface area contributed by atoms with Crippen molar-refractivity contribution < 1.29 is 5.11 Å². The summed E-state index contributed by atoms with van der Waals surface area (Å²) in [6.45, 7) is 2.06. The number of rotatable bonds is 5. The monoisotopic (exact) mass is 315 g/mol. The summed E-state index contributed by atoms with van der Waals surface area (Å²) in [6, 6.07) is 9.89. The molecule has 7 heteroatoms. The van der Waals surface area contributed by atoms with Gasteiger partial charge in [0, 0.05) is 7.05 Å². The van der Waals surface area contributed by atoms with Crippen LogP contribution in [0.1, 0.15) is 23.6 Å². The molecular weight excluding hydrogens is 298 g/mol. The lowest BCUT2D eigenvalue weighted by Crippen LogP contribution is -1.99. The molecule has 1 aromatic carbocycles. The van der Waals surface area contributed by atoms with E-state index in [1.54, 1.807) is 22.6 Å². The number of hydrogen-bond donors (Lipinski definition) is 1. The van der Waals surface area contributed by atoms with Gasteiger partial charge < -0.3 is 9.67 Å². The third kappa shape index (κ3) is 2.90. The van der Waals surface area contributed by atoms with Gasteiger partial charge in [0.2, 0.25) is 0 Å². The van der Waals surface area contributed by atoms with Crippen LogP contribution < -0.4 is 0 Å². The Balaban J connectivity index is 1.77. The molecule has 0 spiro atoms. The maximum Gasteiger partial charge on any atom is 0.168 e. The lowest BCUT2D eigenvalue weighted by molar-refractivity contribution is 0.271. The van der Waals surface area contributed by atoms with Gasteiger partial charge in [-0.1, -0.05) is 35.2 Å². The van der Waals surface area contributed by atoms with Crippen molar-refractivity contribution >= 4 is 11.8 Å². The minimum absolute atomic E-state index is 0.0113. The minimum Gasteiger partial charge on any atom is -0.390 e. The molecular formula is C15H17N5OS. The SMILES string of the molecule is CC(Sc1ncc(CO)n1C)c1cn(-c2ccccc2)nn1. The first-order valence-electron chi connectivity index (χ1n) is 6.95. The van der Waals surface area contributed by atoms with Gasteiger partial charge in [-0.2, -0.15) is 0 Å². The van der Waals surface area contributed by atoms with Crippen LogP contribution in [0.25, 0.3) is 5.69 Å². The molecule has 2 heterocycles. The molecule has 1 unspecified atom stereocenters. The van der Waals surface area contributed by atoms with E-state index in [-0.39, 0.29) is 11.9 Å². The molecule has 1 N–H and O–H groups in total. The smallest absolute Gasteiger partial charge is 0.168 e. The predicted molar refractivity (Wildman–Crippen MR) is 84.8 cm³/mol. The van der Waals surface area contributed by atoms with Crippen LogP contribution in [0.4, 0.5) is 0 Å². The van der Waals surface area contributed by atoms with Gasteiger partial charge in [0.15, 0.2) is 5.16 Å². The average Bonchev–Trinajstić information content (AvgIpc) is 3.16. The van der Waals surface area contributed by atoms with Crippen molar-refractivity contribution in [2.75, 3.05) is 0 Å². The van der Waals surface area contributed by atoms with E-state index in [4.69, 9.17) is 0 Å². The summed E-state index contributed by atoms with van der Waals surface area (Å²) in [7, 11) is 1.90. The molecule has 0 saturated carbocycles. The Labute approximate surface area is 132 Å². The number of imidazole rings is 1. The van der Waals surface area contributed by atoms with Gasteiger partial charge in [0.25, 0.3) is 0 Å². The van der Waals surface area contributed by atoms with E-state index in [0.717, 1.165) is 22.2 Å². The average molecular weight is 315 g/mol. The summed E-state index contributed by atoms with van der Waals surface area (Å²) in [4.78, 5) is 4.33. The molecule has 22 heavy (non-hydrogen) atoms. The van der Waals surface area contributed by atoms with Crippen molar-refractivity contribution in [1.82, 2.24) is 24.5 Å². The fraction of sp³-hybridized carbons (Fsp3) is 0.267. The maximum atomic E-state index is 9.22. The van der Waals surface area contributed by atoms with Gasteiger partial charge in [-0.25, -0.2) is 9.67 Å². The van der Waals surface area contributed by atoms with Gasteiger partial charge in [-0.15, -0.1) is 5.10 Å². The summed E-state index contributed by atoms with van der Waals surface area (Å²) in [5.74, 6) is 0. The Morgan fingerprint density at radius 1 is 1.27 bits per heavy atom. The van der Waals surface area contributed by atoms with Crippen molar-refractivity contribution in [3.63, 3.8) is 0 Å². The Morgan fingerprint density at radius 2 is 2.05 bits per heavy atom. The maximum absolute atomic E-state index is 9.22. The molecule has 6 nitrogen and oxygen atoms in total. The molecule has 0 radical (unpaired) electrons. The number of hydrogen-bond acceptors (Lipinski definition) is 5. The van der Waals surface area contributed by atoms with Gasteiger partial charge in [-0.3, -0.25) is 0 Å². The van der Waals surface area contributed by atoms with Crippen LogP contribution in [0.2, 0.25) is 0 Å². The van der Waals surface area contributed by atoms with E-state index in [9.17, 15) is 5.11 Å². The Hall–Kier alpha value is -2.12. The van der Waals surface area contributed by atoms with Crippen LogP contribution in [0, 0.1) is 0 Å². The number of aliphatic hydroxyl groups is 1. The van der Waals surface area contributed by atoms with Crippen molar-refractivity contribution in [2.24, 2.45) is 7.05 Å². The van der Waals surface area contributed by atoms with Crippen LogP contribution in [0.15, 0.2) is 47.9 Å². The van der Waals surface area contributed by atoms with Crippen LogP contribution in [0.3, 0.4) is 0 Å². The summed E-state index contributed by atoms with van der Waals surface area (Å²) in [5.41, 5.74) is 2.67. The highest BCUT2D eigenvalue weighted by molar-refractivity contribution is 7.99. The predicted octanol–water partition coefficient (Wildman–Crippen LogP) is 2.35. The van der Waals surface area contributed by atoms with Crippen molar-refractivity contribution in [1.29, 1.82) is 0 Å². The van der Waals surface area contributed by atoms with E-state index < -0.39 is 0 Å². The first kappa shape index (κ1) is 14.8. The first-order chi connectivity index (χ1) is 10.7.